The molecule has 2 heterocycles. The molecule has 2 unspecified atom stereocenters. The second kappa shape index (κ2) is 5.68. The highest BCUT2D eigenvalue weighted by Gasteiger charge is 2.32. The standard InChI is InChI=1S/C17H25N3O/c1-3-12-5-4-9-20(10-8-12)13-6-7-14-15(11-13)19(2)17(21)16(14)18/h6-7,11-12,16H,3-5,8-10,18H2,1-2H3. The summed E-state index contributed by atoms with van der Waals surface area (Å²) < 4.78 is 0. The number of amides is 1. The Morgan fingerprint density at radius 3 is 2.86 bits per heavy atom. The van der Waals surface area contributed by atoms with E-state index < -0.39 is 6.04 Å². The molecule has 1 aromatic rings. The Morgan fingerprint density at radius 1 is 1.29 bits per heavy atom. The number of benzene rings is 1. The first-order valence-electron chi connectivity index (χ1n) is 8.04. The van der Waals surface area contributed by atoms with Gasteiger partial charge in [-0.25, -0.2) is 0 Å². The highest BCUT2D eigenvalue weighted by molar-refractivity contribution is 6.04. The molecule has 0 spiro atoms. The van der Waals surface area contributed by atoms with Crippen LogP contribution < -0.4 is 15.5 Å². The SMILES string of the molecule is CCC1CCCN(c2ccc3c(c2)N(C)C(=O)C3N)CC1. The first-order valence-corrected chi connectivity index (χ1v) is 8.04. The van der Waals surface area contributed by atoms with Crippen LogP contribution >= 0.6 is 0 Å². The van der Waals surface area contributed by atoms with E-state index in [4.69, 9.17) is 5.73 Å². The maximum absolute atomic E-state index is 12.0. The lowest BCUT2D eigenvalue weighted by atomic mass is 9.98. The Hall–Kier alpha value is -1.55. The Balaban J connectivity index is 1.83. The van der Waals surface area contributed by atoms with Gasteiger partial charge in [0.2, 0.25) is 5.91 Å². The van der Waals surface area contributed by atoms with Gasteiger partial charge >= 0.3 is 0 Å². The van der Waals surface area contributed by atoms with E-state index in [2.05, 4.69) is 24.0 Å². The number of rotatable bonds is 2. The fourth-order valence-electron chi connectivity index (χ4n) is 3.57. The fraction of sp³-hybridized carbons (Fsp3) is 0.588. The number of nitrogens with zero attached hydrogens (tertiary/aromatic N) is 2. The van der Waals surface area contributed by atoms with Gasteiger partial charge < -0.3 is 15.5 Å². The average molecular weight is 287 g/mol. The summed E-state index contributed by atoms with van der Waals surface area (Å²) in [7, 11) is 1.81. The average Bonchev–Trinajstić information content (AvgIpc) is 2.71. The molecule has 0 radical (unpaired) electrons. The lowest BCUT2D eigenvalue weighted by Crippen LogP contribution is -2.28. The van der Waals surface area contributed by atoms with Crippen LogP contribution in [-0.4, -0.2) is 26.0 Å². The normalized spacial score (nSPS) is 26.0. The van der Waals surface area contributed by atoms with Crippen molar-refractivity contribution < 1.29 is 4.79 Å². The molecule has 1 saturated heterocycles. The van der Waals surface area contributed by atoms with Gasteiger partial charge in [0.25, 0.3) is 0 Å². The first kappa shape index (κ1) is 14.4. The summed E-state index contributed by atoms with van der Waals surface area (Å²) in [5.74, 6) is 0.853. The monoisotopic (exact) mass is 287 g/mol. The van der Waals surface area contributed by atoms with Crippen molar-refractivity contribution in [1.82, 2.24) is 0 Å². The molecule has 0 aliphatic carbocycles. The molecule has 114 valence electrons. The maximum atomic E-state index is 12.0. The molecule has 0 saturated carbocycles. The van der Waals surface area contributed by atoms with E-state index in [-0.39, 0.29) is 5.91 Å². The zero-order valence-electron chi connectivity index (χ0n) is 13.0. The molecular weight excluding hydrogens is 262 g/mol. The molecule has 2 N–H and O–H groups in total. The van der Waals surface area contributed by atoms with Crippen LogP contribution in [0.5, 0.6) is 0 Å². The van der Waals surface area contributed by atoms with E-state index in [0.29, 0.717) is 0 Å². The van der Waals surface area contributed by atoms with Crippen LogP contribution in [0.3, 0.4) is 0 Å². The van der Waals surface area contributed by atoms with Crippen molar-refractivity contribution in [3.63, 3.8) is 0 Å². The topological polar surface area (TPSA) is 49.6 Å². The number of carbonyl (C=O) groups excluding carboxylic acids is 1. The second-order valence-corrected chi connectivity index (χ2v) is 6.31. The number of hydrogen-bond acceptors (Lipinski definition) is 3. The maximum Gasteiger partial charge on any atom is 0.248 e. The number of nitrogens with two attached hydrogens (primary N) is 1. The highest BCUT2D eigenvalue weighted by Crippen LogP contribution is 2.37. The number of hydrogen-bond donors (Lipinski definition) is 1. The summed E-state index contributed by atoms with van der Waals surface area (Å²) in [5, 5.41) is 0. The molecule has 1 aromatic carbocycles. The van der Waals surface area contributed by atoms with Crippen LogP contribution in [-0.2, 0) is 4.79 Å². The molecule has 3 rings (SSSR count). The summed E-state index contributed by atoms with van der Waals surface area (Å²) in [6.45, 7) is 4.51. The van der Waals surface area contributed by atoms with Gasteiger partial charge in [0, 0.05) is 31.4 Å². The summed E-state index contributed by atoms with van der Waals surface area (Å²) >= 11 is 0. The molecule has 0 aromatic heterocycles. The van der Waals surface area contributed by atoms with E-state index in [0.717, 1.165) is 30.3 Å². The first-order chi connectivity index (χ1) is 10.1. The van der Waals surface area contributed by atoms with Crippen molar-refractivity contribution in [2.45, 2.75) is 38.6 Å². The Bertz CT molecular complexity index is 543. The highest BCUT2D eigenvalue weighted by atomic mass is 16.2. The number of likely N-dealkylation sites (N-methyl/N-ethyl adjacent to an activating group) is 1. The molecule has 1 amide bonds. The minimum Gasteiger partial charge on any atom is -0.371 e. The zero-order valence-corrected chi connectivity index (χ0v) is 13.0. The molecule has 2 aliphatic rings. The molecule has 21 heavy (non-hydrogen) atoms. The van der Waals surface area contributed by atoms with Crippen molar-refractivity contribution in [1.29, 1.82) is 0 Å². The van der Waals surface area contributed by atoms with Gasteiger partial charge in [0.05, 0.1) is 5.69 Å². The van der Waals surface area contributed by atoms with Crippen molar-refractivity contribution in [3.05, 3.63) is 23.8 Å². The third-order valence-electron chi connectivity index (χ3n) is 5.10. The predicted octanol–water partition coefficient (Wildman–Crippen LogP) is 2.68. The van der Waals surface area contributed by atoms with E-state index in [1.165, 1.54) is 31.4 Å². The third kappa shape index (κ3) is 2.53. The van der Waals surface area contributed by atoms with Crippen LogP contribution in [0.1, 0.15) is 44.2 Å². The molecule has 0 bridgehead atoms. The van der Waals surface area contributed by atoms with Crippen molar-refractivity contribution >= 4 is 17.3 Å². The minimum absolute atomic E-state index is 0.0101. The van der Waals surface area contributed by atoms with E-state index >= 15 is 0 Å². The van der Waals surface area contributed by atoms with Gasteiger partial charge in [-0.05, 0) is 37.3 Å². The van der Waals surface area contributed by atoms with E-state index in [9.17, 15) is 4.79 Å². The van der Waals surface area contributed by atoms with Gasteiger partial charge in [-0.2, -0.15) is 0 Å². The van der Waals surface area contributed by atoms with Crippen LogP contribution in [0.15, 0.2) is 18.2 Å². The Labute approximate surface area is 126 Å². The Morgan fingerprint density at radius 2 is 2.10 bits per heavy atom. The number of fused-ring (bicyclic) bond motifs is 1. The lowest BCUT2D eigenvalue weighted by Gasteiger charge is -2.24. The van der Waals surface area contributed by atoms with Gasteiger partial charge in [-0.3, -0.25) is 4.79 Å². The summed E-state index contributed by atoms with van der Waals surface area (Å²) in [6, 6.07) is 5.79. The lowest BCUT2D eigenvalue weighted by molar-refractivity contribution is -0.118. The van der Waals surface area contributed by atoms with Crippen molar-refractivity contribution in [3.8, 4) is 0 Å². The molecule has 4 nitrogen and oxygen atoms in total. The van der Waals surface area contributed by atoms with Crippen molar-refractivity contribution in [2.75, 3.05) is 29.9 Å². The summed E-state index contributed by atoms with van der Waals surface area (Å²) in [5.41, 5.74) is 9.11. The quantitative estimate of drug-likeness (QED) is 0.910. The predicted molar refractivity (Wildman–Crippen MR) is 86.6 cm³/mol. The minimum atomic E-state index is -0.493. The summed E-state index contributed by atoms with van der Waals surface area (Å²) in [4.78, 5) is 16.1. The smallest absolute Gasteiger partial charge is 0.248 e. The van der Waals surface area contributed by atoms with Gasteiger partial charge in [0.15, 0.2) is 0 Å². The third-order valence-corrected chi connectivity index (χ3v) is 5.10. The van der Waals surface area contributed by atoms with Gasteiger partial charge in [-0.1, -0.05) is 19.4 Å². The van der Waals surface area contributed by atoms with Gasteiger partial charge in [0.1, 0.15) is 6.04 Å². The number of carbonyl (C=O) groups is 1. The van der Waals surface area contributed by atoms with Crippen LogP contribution in [0.25, 0.3) is 0 Å². The van der Waals surface area contributed by atoms with Crippen LogP contribution in [0, 0.1) is 5.92 Å². The number of anilines is 2. The van der Waals surface area contributed by atoms with E-state index in [1.807, 2.05) is 13.1 Å². The van der Waals surface area contributed by atoms with E-state index in [1.54, 1.807) is 4.90 Å². The van der Waals surface area contributed by atoms with Crippen LogP contribution in [0.2, 0.25) is 0 Å². The second-order valence-electron chi connectivity index (χ2n) is 6.31. The van der Waals surface area contributed by atoms with Crippen molar-refractivity contribution in [2.24, 2.45) is 11.7 Å². The Kier molecular flexibility index (Phi) is 3.89. The van der Waals surface area contributed by atoms with Crippen LogP contribution in [0.4, 0.5) is 11.4 Å². The largest absolute Gasteiger partial charge is 0.371 e. The molecule has 4 heteroatoms. The molecule has 2 atom stereocenters. The molecule has 2 aliphatic heterocycles. The molecule has 1 fully saturated rings. The molecular formula is C17H25N3O. The summed E-state index contributed by atoms with van der Waals surface area (Å²) in [6.07, 6.45) is 5.14. The zero-order chi connectivity index (χ0) is 15.0. The fourth-order valence-corrected chi connectivity index (χ4v) is 3.57. The van der Waals surface area contributed by atoms with Gasteiger partial charge in [-0.15, -0.1) is 0 Å².